The molecule has 0 saturated carbocycles. The van der Waals surface area contributed by atoms with Crippen LogP contribution in [0.2, 0.25) is 0 Å². The van der Waals surface area contributed by atoms with Gasteiger partial charge in [0.05, 0.1) is 11.3 Å². The molecule has 1 aliphatic heterocycles. The van der Waals surface area contributed by atoms with Crippen molar-refractivity contribution >= 4 is 28.8 Å². The number of amides is 1. The summed E-state index contributed by atoms with van der Waals surface area (Å²) in [6, 6.07) is 13.6. The Morgan fingerprint density at radius 3 is 2.65 bits per heavy atom. The Labute approximate surface area is 197 Å². The predicted molar refractivity (Wildman–Crippen MR) is 130 cm³/mol. The first-order valence-electron chi connectivity index (χ1n) is 11.1. The molecule has 0 unspecified atom stereocenters. The second-order valence-corrected chi connectivity index (χ2v) is 8.62. The number of anilines is 4. The maximum Gasteiger partial charge on any atom is 0.252 e. The van der Waals surface area contributed by atoms with Crippen LogP contribution in [0, 0.1) is 11.6 Å². The van der Waals surface area contributed by atoms with Gasteiger partial charge in [-0.2, -0.15) is 0 Å². The van der Waals surface area contributed by atoms with Gasteiger partial charge < -0.3 is 26.6 Å². The van der Waals surface area contributed by atoms with Crippen molar-refractivity contribution < 1.29 is 13.6 Å². The van der Waals surface area contributed by atoms with Gasteiger partial charge in [0.1, 0.15) is 17.5 Å². The van der Waals surface area contributed by atoms with Crippen LogP contribution in [0.15, 0.2) is 54.7 Å². The monoisotopic (exact) mass is 466 g/mol. The number of benzene rings is 2. The smallest absolute Gasteiger partial charge is 0.252 e. The summed E-state index contributed by atoms with van der Waals surface area (Å²) in [6.45, 7) is 6.12. The molecule has 178 valence electrons. The number of aromatic nitrogens is 1. The van der Waals surface area contributed by atoms with Crippen LogP contribution >= 0.6 is 0 Å². The number of primary amides is 1. The third-order valence-electron chi connectivity index (χ3n) is 5.69. The van der Waals surface area contributed by atoms with E-state index in [1.807, 2.05) is 18.2 Å². The van der Waals surface area contributed by atoms with E-state index in [1.54, 1.807) is 6.07 Å². The van der Waals surface area contributed by atoms with Gasteiger partial charge >= 0.3 is 0 Å². The zero-order valence-electron chi connectivity index (χ0n) is 19.1. The summed E-state index contributed by atoms with van der Waals surface area (Å²) in [5.74, 6) is -1.29. The van der Waals surface area contributed by atoms with E-state index in [2.05, 4.69) is 45.7 Å². The number of piperazine rings is 1. The highest BCUT2D eigenvalue weighted by atomic mass is 19.1. The molecule has 0 aliphatic carbocycles. The molecule has 1 fully saturated rings. The lowest BCUT2D eigenvalue weighted by Gasteiger charge is -2.37. The SMILES string of the molecule is C[C@@H]1CN(c2cccc(Nc3cc(NCc4cc(F)ccc4F)c(C(N)=O)cn3)c2)C[C@H](C)N1. The third-order valence-corrected chi connectivity index (χ3v) is 5.69. The van der Waals surface area contributed by atoms with Crippen molar-refractivity contribution in [2.75, 3.05) is 28.6 Å². The highest BCUT2D eigenvalue weighted by Crippen LogP contribution is 2.26. The number of nitrogens with two attached hydrogens (primary N) is 1. The molecule has 34 heavy (non-hydrogen) atoms. The van der Waals surface area contributed by atoms with Crippen LogP contribution in [-0.4, -0.2) is 36.1 Å². The van der Waals surface area contributed by atoms with Crippen LogP contribution in [0.25, 0.3) is 0 Å². The number of hydrogen-bond donors (Lipinski definition) is 4. The number of nitrogens with zero attached hydrogens (tertiary/aromatic N) is 2. The molecule has 1 saturated heterocycles. The summed E-state index contributed by atoms with van der Waals surface area (Å²) in [4.78, 5) is 18.5. The molecule has 1 aliphatic rings. The predicted octanol–water partition coefficient (Wildman–Crippen LogP) is 4.00. The van der Waals surface area contributed by atoms with Crippen molar-refractivity contribution in [1.82, 2.24) is 10.3 Å². The van der Waals surface area contributed by atoms with Crippen LogP contribution in [-0.2, 0) is 6.54 Å². The first-order valence-corrected chi connectivity index (χ1v) is 11.1. The minimum atomic E-state index is -0.676. The first-order chi connectivity index (χ1) is 16.3. The molecule has 1 amide bonds. The molecular weight excluding hydrogens is 438 g/mol. The summed E-state index contributed by atoms with van der Waals surface area (Å²) in [6.07, 6.45) is 1.36. The number of carbonyl (C=O) groups is 1. The molecule has 2 heterocycles. The summed E-state index contributed by atoms with van der Waals surface area (Å²) >= 11 is 0. The Balaban J connectivity index is 1.53. The van der Waals surface area contributed by atoms with E-state index >= 15 is 0 Å². The second kappa shape index (κ2) is 10.0. The van der Waals surface area contributed by atoms with E-state index in [0.717, 1.165) is 42.7 Å². The van der Waals surface area contributed by atoms with E-state index in [0.29, 0.717) is 23.6 Å². The molecule has 0 bridgehead atoms. The van der Waals surface area contributed by atoms with Crippen LogP contribution in [0.5, 0.6) is 0 Å². The van der Waals surface area contributed by atoms with Gasteiger partial charge in [-0.1, -0.05) is 6.07 Å². The molecule has 3 aromatic rings. The standard InChI is InChI=1S/C25H28F2N6O/c1-15-13-33(14-16(2)31-15)20-5-3-4-19(9-20)32-24-10-23(21(12-30-24)25(28)34)29-11-17-8-18(26)6-7-22(17)27/h3-10,12,15-16,31H,11,13-14H2,1-2H3,(H2,28,34)(H2,29,30,32)/t15-,16+. The Morgan fingerprint density at radius 2 is 1.91 bits per heavy atom. The van der Waals surface area contributed by atoms with Crippen molar-refractivity contribution in [2.24, 2.45) is 5.73 Å². The first kappa shape index (κ1) is 23.4. The minimum absolute atomic E-state index is 0.0256. The number of nitrogens with one attached hydrogen (secondary N) is 3. The van der Waals surface area contributed by atoms with E-state index in [-0.39, 0.29) is 17.7 Å². The van der Waals surface area contributed by atoms with Gasteiger partial charge in [-0.15, -0.1) is 0 Å². The molecular formula is C25H28F2N6O. The molecule has 7 nitrogen and oxygen atoms in total. The Bertz CT molecular complexity index is 1180. The molecule has 0 radical (unpaired) electrons. The fourth-order valence-electron chi connectivity index (χ4n) is 4.20. The Hall–Kier alpha value is -3.72. The van der Waals surface area contributed by atoms with Crippen molar-refractivity contribution in [3.05, 3.63) is 77.5 Å². The van der Waals surface area contributed by atoms with E-state index in [4.69, 9.17) is 5.73 Å². The normalized spacial score (nSPS) is 17.9. The number of rotatable bonds is 7. The van der Waals surface area contributed by atoms with Crippen molar-refractivity contribution in [2.45, 2.75) is 32.5 Å². The van der Waals surface area contributed by atoms with E-state index in [9.17, 15) is 13.6 Å². The minimum Gasteiger partial charge on any atom is -0.380 e. The molecule has 2 aromatic carbocycles. The molecule has 2 atom stereocenters. The van der Waals surface area contributed by atoms with Gasteiger partial charge in [-0.05, 0) is 50.2 Å². The zero-order chi connectivity index (χ0) is 24.2. The average Bonchev–Trinajstić information content (AvgIpc) is 2.79. The Morgan fingerprint density at radius 1 is 1.15 bits per heavy atom. The van der Waals surface area contributed by atoms with Crippen molar-refractivity contribution in [3.8, 4) is 0 Å². The molecule has 1 aromatic heterocycles. The Kier molecular flexibility index (Phi) is 6.93. The van der Waals surface area contributed by atoms with E-state index < -0.39 is 17.5 Å². The topological polar surface area (TPSA) is 95.3 Å². The number of pyridine rings is 1. The molecule has 4 rings (SSSR count). The molecule has 0 spiro atoms. The lowest BCUT2D eigenvalue weighted by Crippen LogP contribution is -2.54. The van der Waals surface area contributed by atoms with Crippen molar-refractivity contribution in [1.29, 1.82) is 0 Å². The summed E-state index contributed by atoms with van der Waals surface area (Å²) < 4.78 is 27.5. The van der Waals surface area contributed by atoms with Gasteiger partial charge in [0.2, 0.25) is 0 Å². The second-order valence-electron chi connectivity index (χ2n) is 8.62. The van der Waals surface area contributed by atoms with Gasteiger partial charge in [0.15, 0.2) is 0 Å². The van der Waals surface area contributed by atoms with Crippen molar-refractivity contribution in [3.63, 3.8) is 0 Å². The van der Waals surface area contributed by atoms with Crippen LogP contribution < -0.4 is 26.6 Å². The van der Waals surface area contributed by atoms with E-state index in [1.165, 1.54) is 6.20 Å². The number of hydrogen-bond acceptors (Lipinski definition) is 6. The summed E-state index contributed by atoms with van der Waals surface area (Å²) in [7, 11) is 0. The highest BCUT2D eigenvalue weighted by Gasteiger charge is 2.21. The maximum atomic E-state index is 14.0. The fraction of sp³-hybridized carbons (Fsp3) is 0.280. The van der Waals surface area contributed by atoms with Gasteiger partial charge in [0.25, 0.3) is 5.91 Å². The quantitative estimate of drug-likeness (QED) is 0.421. The van der Waals surface area contributed by atoms with Gasteiger partial charge in [0, 0.05) is 60.9 Å². The highest BCUT2D eigenvalue weighted by molar-refractivity contribution is 5.98. The van der Waals surface area contributed by atoms with Crippen LogP contribution in [0.1, 0.15) is 29.8 Å². The summed E-state index contributed by atoms with van der Waals surface area (Å²) in [5.41, 5.74) is 8.06. The van der Waals surface area contributed by atoms with Crippen LogP contribution in [0.4, 0.5) is 31.7 Å². The average molecular weight is 467 g/mol. The summed E-state index contributed by atoms with van der Waals surface area (Å²) in [5, 5.41) is 9.75. The fourth-order valence-corrected chi connectivity index (χ4v) is 4.20. The number of halogens is 2. The maximum absolute atomic E-state index is 14.0. The zero-order valence-corrected chi connectivity index (χ0v) is 19.1. The number of carbonyl (C=O) groups excluding carboxylic acids is 1. The van der Waals surface area contributed by atoms with Crippen LogP contribution in [0.3, 0.4) is 0 Å². The lowest BCUT2D eigenvalue weighted by molar-refractivity contribution is 0.100. The molecule has 5 N–H and O–H groups in total. The molecule has 9 heteroatoms. The lowest BCUT2D eigenvalue weighted by atomic mass is 10.1. The van der Waals surface area contributed by atoms with Gasteiger partial charge in [-0.25, -0.2) is 13.8 Å². The van der Waals surface area contributed by atoms with Gasteiger partial charge in [-0.3, -0.25) is 4.79 Å². The third kappa shape index (κ3) is 5.60. The largest absolute Gasteiger partial charge is 0.380 e.